The van der Waals surface area contributed by atoms with Crippen LogP contribution in [-0.4, -0.2) is 18.4 Å². The lowest BCUT2D eigenvalue weighted by atomic mass is 10.1. The van der Waals surface area contributed by atoms with E-state index in [0.717, 1.165) is 22.6 Å². The molecule has 1 saturated heterocycles. The Bertz CT molecular complexity index is 837. The molecule has 1 unspecified atom stereocenters. The summed E-state index contributed by atoms with van der Waals surface area (Å²) in [6.45, 7) is 1.81. The molecule has 2 aromatic carbocycles. The quantitative estimate of drug-likeness (QED) is 0.865. The molecule has 1 atom stereocenters. The van der Waals surface area contributed by atoms with Crippen molar-refractivity contribution in [2.45, 2.75) is 13.3 Å². The number of anilines is 2. The van der Waals surface area contributed by atoms with Crippen LogP contribution in [0.4, 0.5) is 24.5 Å². The smallest absolute Gasteiger partial charge is 0.229 e. The van der Waals surface area contributed by atoms with Crippen molar-refractivity contribution < 1.29 is 22.8 Å². The van der Waals surface area contributed by atoms with Crippen LogP contribution in [0, 0.1) is 30.3 Å². The summed E-state index contributed by atoms with van der Waals surface area (Å²) >= 11 is 0. The Balaban J connectivity index is 1.75. The molecule has 0 spiro atoms. The first-order valence-corrected chi connectivity index (χ1v) is 7.68. The first-order valence-electron chi connectivity index (χ1n) is 7.68. The predicted octanol–water partition coefficient (Wildman–Crippen LogP) is 3.40. The van der Waals surface area contributed by atoms with Crippen LogP contribution in [0.3, 0.4) is 0 Å². The Kier molecular flexibility index (Phi) is 4.48. The maximum absolute atomic E-state index is 13.9. The highest BCUT2D eigenvalue weighted by atomic mass is 19.2. The number of hydrogen-bond acceptors (Lipinski definition) is 2. The van der Waals surface area contributed by atoms with Gasteiger partial charge < -0.3 is 10.2 Å². The summed E-state index contributed by atoms with van der Waals surface area (Å²) in [5, 5.41) is 2.69. The molecule has 130 valence electrons. The minimum atomic E-state index is -1.64. The van der Waals surface area contributed by atoms with E-state index in [1.807, 2.05) is 19.1 Å². The van der Waals surface area contributed by atoms with E-state index in [1.54, 1.807) is 12.1 Å². The maximum Gasteiger partial charge on any atom is 0.229 e. The van der Waals surface area contributed by atoms with Gasteiger partial charge in [-0.25, -0.2) is 13.2 Å². The average Bonchev–Trinajstić information content (AvgIpc) is 2.97. The van der Waals surface area contributed by atoms with Gasteiger partial charge in [0.25, 0.3) is 0 Å². The van der Waals surface area contributed by atoms with Crippen molar-refractivity contribution in [1.82, 2.24) is 0 Å². The Hall–Kier alpha value is -2.83. The van der Waals surface area contributed by atoms with E-state index in [1.165, 1.54) is 0 Å². The predicted molar refractivity (Wildman–Crippen MR) is 86.6 cm³/mol. The van der Waals surface area contributed by atoms with E-state index in [-0.39, 0.29) is 24.6 Å². The van der Waals surface area contributed by atoms with Crippen LogP contribution in [0.5, 0.6) is 0 Å². The second-order valence-corrected chi connectivity index (χ2v) is 5.96. The molecule has 7 heteroatoms. The largest absolute Gasteiger partial charge is 0.326 e. The number of nitrogens with zero attached hydrogens (tertiary/aromatic N) is 1. The van der Waals surface area contributed by atoms with Crippen molar-refractivity contribution in [3.05, 3.63) is 59.4 Å². The number of benzene rings is 2. The molecular weight excluding hydrogens is 333 g/mol. The van der Waals surface area contributed by atoms with E-state index >= 15 is 0 Å². The number of halogens is 3. The van der Waals surface area contributed by atoms with Crippen LogP contribution in [-0.2, 0) is 9.59 Å². The highest BCUT2D eigenvalue weighted by Crippen LogP contribution is 2.30. The van der Waals surface area contributed by atoms with Crippen molar-refractivity contribution in [2.24, 2.45) is 5.92 Å². The maximum atomic E-state index is 13.9. The second kappa shape index (κ2) is 6.58. The molecule has 4 nitrogen and oxygen atoms in total. The van der Waals surface area contributed by atoms with E-state index in [4.69, 9.17) is 0 Å². The van der Waals surface area contributed by atoms with E-state index in [2.05, 4.69) is 5.32 Å². The minimum absolute atomic E-state index is 0.0987. The highest BCUT2D eigenvalue weighted by Gasteiger charge is 2.37. The standard InChI is InChI=1S/C18H15F3N2O2/c1-10-2-4-12(5-3-10)22-18(25)11-8-15(24)23(9-11)14-7-6-13(19)16(20)17(14)21/h2-7,11H,8-9H2,1H3,(H,22,25). The third-order valence-electron chi connectivity index (χ3n) is 4.12. The van der Waals surface area contributed by atoms with Crippen LogP contribution >= 0.6 is 0 Å². The van der Waals surface area contributed by atoms with Crippen molar-refractivity contribution in [1.29, 1.82) is 0 Å². The third-order valence-corrected chi connectivity index (χ3v) is 4.12. The summed E-state index contributed by atoms with van der Waals surface area (Å²) in [7, 11) is 0. The Morgan fingerprint density at radius 3 is 2.44 bits per heavy atom. The molecule has 25 heavy (non-hydrogen) atoms. The summed E-state index contributed by atoms with van der Waals surface area (Å²) in [4.78, 5) is 25.4. The number of rotatable bonds is 3. The highest BCUT2D eigenvalue weighted by molar-refractivity contribution is 6.03. The molecule has 1 aliphatic rings. The van der Waals surface area contributed by atoms with Gasteiger partial charge in [0.2, 0.25) is 11.8 Å². The fourth-order valence-corrected chi connectivity index (χ4v) is 2.72. The fraction of sp³-hybridized carbons (Fsp3) is 0.222. The number of aryl methyl sites for hydroxylation is 1. The zero-order valence-corrected chi connectivity index (χ0v) is 13.4. The molecule has 1 aliphatic heterocycles. The van der Waals surface area contributed by atoms with E-state index in [9.17, 15) is 22.8 Å². The van der Waals surface area contributed by atoms with Crippen LogP contribution < -0.4 is 10.2 Å². The Morgan fingerprint density at radius 1 is 1.08 bits per heavy atom. The van der Waals surface area contributed by atoms with Crippen molar-refractivity contribution in [3.63, 3.8) is 0 Å². The lowest BCUT2D eigenvalue weighted by Crippen LogP contribution is -2.29. The second-order valence-electron chi connectivity index (χ2n) is 5.96. The molecule has 0 aliphatic carbocycles. The van der Waals surface area contributed by atoms with Crippen LogP contribution in [0.15, 0.2) is 36.4 Å². The monoisotopic (exact) mass is 348 g/mol. The zero-order valence-electron chi connectivity index (χ0n) is 13.4. The van der Waals surface area contributed by atoms with E-state index < -0.39 is 29.3 Å². The van der Waals surface area contributed by atoms with E-state index in [0.29, 0.717) is 5.69 Å². The third kappa shape index (κ3) is 3.35. The van der Waals surface area contributed by atoms with Gasteiger partial charge in [0, 0.05) is 18.7 Å². The van der Waals surface area contributed by atoms with Gasteiger partial charge in [-0.2, -0.15) is 0 Å². The average molecular weight is 348 g/mol. The van der Waals surface area contributed by atoms with Crippen LogP contribution in [0.1, 0.15) is 12.0 Å². The van der Waals surface area contributed by atoms with Gasteiger partial charge in [-0.15, -0.1) is 0 Å². The summed E-state index contributed by atoms with van der Waals surface area (Å²) in [5.41, 5.74) is 1.25. The SMILES string of the molecule is Cc1ccc(NC(=O)C2CC(=O)N(c3ccc(F)c(F)c3F)C2)cc1. The van der Waals surface area contributed by atoms with Gasteiger partial charge in [0.15, 0.2) is 17.5 Å². The molecule has 1 heterocycles. The van der Waals surface area contributed by atoms with Crippen molar-refractivity contribution in [3.8, 4) is 0 Å². The van der Waals surface area contributed by atoms with Gasteiger partial charge >= 0.3 is 0 Å². The van der Waals surface area contributed by atoms with Gasteiger partial charge in [-0.1, -0.05) is 17.7 Å². The number of carbonyl (C=O) groups excluding carboxylic acids is 2. The summed E-state index contributed by atoms with van der Waals surface area (Å²) < 4.78 is 40.3. The van der Waals surface area contributed by atoms with Crippen molar-refractivity contribution in [2.75, 3.05) is 16.8 Å². The summed E-state index contributed by atoms with van der Waals surface area (Å²) in [5.74, 6) is -6.02. The molecule has 3 rings (SSSR count). The summed E-state index contributed by atoms with van der Waals surface area (Å²) in [6.07, 6.45) is -0.129. The minimum Gasteiger partial charge on any atom is -0.326 e. The van der Waals surface area contributed by atoms with Crippen LogP contribution in [0.25, 0.3) is 0 Å². The zero-order chi connectivity index (χ0) is 18.1. The Labute approximate surface area is 142 Å². The lowest BCUT2D eigenvalue weighted by Gasteiger charge is -2.18. The number of hydrogen-bond donors (Lipinski definition) is 1. The van der Waals surface area contributed by atoms with Gasteiger partial charge in [0.1, 0.15) is 0 Å². The molecule has 0 radical (unpaired) electrons. The first kappa shape index (κ1) is 17.0. The molecule has 2 amide bonds. The van der Waals surface area contributed by atoms with Gasteiger partial charge in [-0.05, 0) is 31.2 Å². The van der Waals surface area contributed by atoms with Gasteiger partial charge in [0.05, 0.1) is 11.6 Å². The number of nitrogens with one attached hydrogen (secondary N) is 1. The molecule has 2 aromatic rings. The molecule has 0 aromatic heterocycles. The molecule has 1 N–H and O–H groups in total. The first-order chi connectivity index (χ1) is 11.9. The summed E-state index contributed by atoms with van der Waals surface area (Å²) in [6, 6.07) is 8.87. The topological polar surface area (TPSA) is 49.4 Å². The van der Waals surface area contributed by atoms with Gasteiger partial charge in [-0.3, -0.25) is 9.59 Å². The normalized spacial score (nSPS) is 17.0. The molecule has 0 bridgehead atoms. The van der Waals surface area contributed by atoms with Crippen LogP contribution in [0.2, 0.25) is 0 Å². The fourth-order valence-electron chi connectivity index (χ4n) is 2.72. The van der Waals surface area contributed by atoms with Crippen molar-refractivity contribution >= 4 is 23.2 Å². The molecule has 1 fully saturated rings. The molecule has 0 saturated carbocycles. The molecular formula is C18H15F3N2O2. The number of carbonyl (C=O) groups is 2. The number of amides is 2. The Morgan fingerprint density at radius 2 is 1.76 bits per heavy atom. The lowest BCUT2D eigenvalue weighted by molar-refractivity contribution is -0.122.